The van der Waals surface area contributed by atoms with Crippen LogP contribution in [0.2, 0.25) is 0 Å². The standard InChI is InChI=1S/C11H17NS2/c1-2-13-7-8-14-11-5-3-10(9-12)4-6-11/h3-6H,2,7-9,12H2,1H3. The molecule has 1 rings (SSSR count). The zero-order valence-corrected chi connectivity index (χ0v) is 10.2. The van der Waals surface area contributed by atoms with Crippen molar-refractivity contribution in [1.29, 1.82) is 0 Å². The average Bonchev–Trinajstić information content (AvgIpc) is 2.25. The lowest BCUT2D eigenvalue weighted by Crippen LogP contribution is -1.95. The van der Waals surface area contributed by atoms with Gasteiger partial charge in [-0.05, 0) is 23.4 Å². The molecule has 0 spiro atoms. The van der Waals surface area contributed by atoms with E-state index in [1.54, 1.807) is 0 Å². The van der Waals surface area contributed by atoms with Gasteiger partial charge in [-0.25, -0.2) is 0 Å². The van der Waals surface area contributed by atoms with E-state index in [-0.39, 0.29) is 0 Å². The lowest BCUT2D eigenvalue weighted by atomic mass is 10.2. The maximum Gasteiger partial charge on any atom is 0.0178 e. The molecule has 14 heavy (non-hydrogen) atoms. The SMILES string of the molecule is CCSCCSc1ccc(CN)cc1. The third-order valence-corrected chi connectivity index (χ3v) is 4.03. The molecule has 0 unspecified atom stereocenters. The zero-order valence-electron chi connectivity index (χ0n) is 8.53. The van der Waals surface area contributed by atoms with Crippen molar-refractivity contribution in [3.05, 3.63) is 29.8 Å². The predicted octanol–water partition coefficient (Wildman–Crippen LogP) is 2.99. The third kappa shape index (κ3) is 4.40. The third-order valence-electron chi connectivity index (χ3n) is 1.86. The Kier molecular flexibility index (Phi) is 6.15. The molecule has 0 saturated carbocycles. The first-order valence-corrected chi connectivity index (χ1v) is 7.00. The lowest BCUT2D eigenvalue weighted by molar-refractivity contribution is 1.07. The number of hydrogen-bond acceptors (Lipinski definition) is 3. The minimum absolute atomic E-state index is 0.636. The van der Waals surface area contributed by atoms with Gasteiger partial charge in [0.05, 0.1) is 0 Å². The molecule has 0 fully saturated rings. The van der Waals surface area contributed by atoms with Crippen molar-refractivity contribution in [3.8, 4) is 0 Å². The Morgan fingerprint density at radius 2 is 1.86 bits per heavy atom. The van der Waals surface area contributed by atoms with Crippen molar-refractivity contribution in [2.24, 2.45) is 5.73 Å². The average molecular weight is 227 g/mol. The molecule has 0 amide bonds. The van der Waals surface area contributed by atoms with Gasteiger partial charge < -0.3 is 5.73 Å². The largest absolute Gasteiger partial charge is 0.326 e. The molecule has 1 aromatic rings. The van der Waals surface area contributed by atoms with Gasteiger partial charge in [0, 0.05) is 22.9 Å². The number of thioether (sulfide) groups is 2. The Bertz CT molecular complexity index is 246. The molecule has 2 N–H and O–H groups in total. The lowest BCUT2D eigenvalue weighted by Gasteiger charge is -2.02. The second-order valence-electron chi connectivity index (χ2n) is 2.89. The Balaban J connectivity index is 2.29. The molecular weight excluding hydrogens is 210 g/mol. The van der Waals surface area contributed by atoms with Gasteiger partial charge in [-0.15, -0.1) is 11.8 Å². The Morgan fingerprint density at radius 1 is 1.14 bits per heavy atom. The first kappa shape index (κ1) is 12.0. The Morgan fingerprint density at radius 3 is 2.43 bits per heavy atom. The molecule has 0 aliphatic rings. The summed E-state index contributed by atoms with van der Waals surface area (Å²) < 4.78 is 0. The highest BCUT2D eigenvalue weighted by Crippen LogP contribution is 2.19. The van der Waals surface area contributed by atoms with Crippen LogP contribution in [0.4, 0.5) is 0 Å². The van der Waals surface area contributed by atoms with Crippen LogP contribution >= 0.6 is 23.5 Å². The van der Waals surface area contributed by atoms with Crippen molar-refractivity contribution in [3.63, 3.8) is 0 Å². The van der Waals surface area contributed by atoms with E-state index in [0.717, 1.165) is 0 Å². The van der Waals surface area contributed by atoms with Crippen LogP contribution in [-0.4, -0.2) is 17.3 Å². The van der Waals surface area contributed by atoms with Crippen LogP contribution in [0, 0.1) is 0 Å². The highest BCUT2D eigenvalue weighted by Gasteiger charge is 1.94. The van der Waals surface area contributed by atoms with Gasteiger partial charge >= 0.3 is 0 Å². The van der Waals surface area contributed by atoms with E-state index in [9.17, 15) is 0 Å². The van der Waals surface area contributed by atoms with Crippen LogP contribution in [0.1, 0.15) is 12.5 Å². The summed E-state index contributed by atoms with van der Waals surface area (Å²) in [6.07, 6.45) is 0. The summed E-state index contributed by atoms with van der Waals surface area (Å²) in [4.78, 5) is 1.35. The summed E-state index contributed by atoms with van der Waals surface area (Å²) in [5.41, 5.74) is 6.74. The number of hydrogen-bond donors (Lipinski definition) is 1. The van der Waals surface area contributed by atoms with Gasteiger partial charge in [0.1, 0.15) is 0 Å². The minimum Gasteiger partial charge on any atom is -0.326 e. The van der Waals surface area contributed by atoms with Crippen LogP contribution < -0.4 is 5.73 Å². The van der Waals surface area contributed by atoms with Crippen LogP contribution in [0.25, 0.3) is 0 Å². The molecule has 78 valence electrons. The summed E-state index contributed by atoms with van der Waals surface area (Å²) in [6, 6.07) is 8.53. The number of benzene rings is 1. The van der Waals surface area contributed by atoms with Gasteiger partial charge in [0.25, 0.3) is 0 Å². The van der Waals surface area contributed by atoms with Crippen molar-refractivity contribution >= 4 is 23.5 Å². The van der Waals surface area contributed by atoms with Crippen LogP contribution in [-0.2, 0) is 6.54 Å². The van der Waals surface area contributed by atoms with Gasteiger partial charge in [0.2, 0.25) is 0 Å². The molecule has 0 aromatic heterocycles. The van der Waals surface area contributed by atoms with E-state index in [0.29, 0.717) is 6.54 Å². The maximum absolute atomic E-state index is 5.53. The van der Waals surface area contributed by atoms with Gasteiger partial charge in [-0.2, -0.15) is 11.8 Å². The second kappa shape index (κ2) is 7.21. The van der Waals surface area contributed by atoms with E-state index < -0.39 is 0 Å². The van der Waals surface area contributed by atoms with Crippen molar-refractivity contribution in [2.75, 3.05) is 17.3 Å². The first-order valence-electron chi connectivity index (χ1n) is 4.86. The van der Waals surface area contributed by atoms with E-state index in [1.165, 1.54) is 27.7 Å². The topological polar surface area (TPSA) is 26.0 Å². The Hall–Kier alpha value is -0.120. The summed E-state index contributed by atoms with van der Waals surface area (Å²) in [7, 11) is 0. The quantitative estimate of drug-likeness (QED) is 0.597. The van der Waals surface area contributed by atoms with Crippen molar-refractivity contribution < 1.29 is 0 Å². The molecule has 0 radical (unpaired) electrons. The van der Waals surface area contributed by atoms with Gasteiger partial charge in [0.15, 0.2) is 0 Å². The molecule has 0 bridgehead atoms. The normalized spacial score (nSPS) is 10.4. The van der Waals surface area contributed by atoms with E-state index in [1.807, 2.05) is 23.5 Å². The monoisotopic (exact) mass is 227 g/mol. The van der Waals surface area contributed by atoms with Crippen molar-refractivity contribution in [1.82, 2.24) is 0 Å². The van der Waals surface area contributed by atoms with E-state index in [2.05, 4.69) is 31.2 Å². The molecule has 0 saturated heterocycles. The van der Waals surface area contributed by atoms with Gasteiger partial charge in [-0.3, -0.25) is 0 Å². The van der Waals surface area contributed by atoms with Crippen molar-refractivity contribution in [2.45, 2.75) is 18.4 Å². The number of rotatable bonds is 6. The van der Waals surface area contributed by atoms with Crippen LogP contribution in [0.5, 0.6) is 0 Å². The highest BCUT2D eigenvalue weighted by atomic mass is 32.2. The number of nitrogens with two attached hydrogens (primary N) is 1. The molecular formula is C11H17NS2. The smallest absolute Gasteiger partial charge is 0.0178 e. The zero-order chi connectivity index (χ0) is 10.2. The first-order chi connectivity index (χ1) is 6.86. The second-order valence-corrected chi connectivity index (χ2v) is 5.46. The minimum atomic E-state index is 0.636. The molecule has 0 heterocycles. The molecule has 0 aliphatic carbocycles. The summed E-state index contributed by atoms with van der Waals surface area (Å²) in [5.74, 6) is 3.65. The van der Waals surface area contributed by atoms with Crippen LogP contribution in [0.3, 0.4) is 0 Å². The fourth-order valence-electron chi connectivity index (χ4n) is 1.08. The highest BCUT2D eigenvalue weighted by molar-refractivity contribution is 8.02. The van der Waals surface area contributed by atoms with E-state index >= 15 is 0 Å². The van der Waals surface area contributed by atoms with Gasteiger partial charge in [-0.1, -0.05) is 19.1 Å². The van der Waals surface area contributed by atoms with Crippen LogP contribution in [0.15, 0.2) is 29.2 Å². The maximum atomic E-state index is 5.53. The summed E-state index contributed by atoms with van der Waals surface area (Å²) >= 11 is 3.91. The molecule has 0 atom stereocenters. The fourth-order valence-corrected chi connectivity index (χ4v) is 2.74. The predicted molar refractivity (Wildman–Crippen MR) is 68.1 cm³/mol. The summed E-state index contributed by atoms with van der Waals surface area (Å²) in [5, 5.41) is 0. The Labute approximate surface area is 94.8 Å². The molecule has 1 nitrogen and oxygen atoms in total. The molecule has 3 heteroatoms. The summed E-state index contributed by atoms with van der Waals surface area (Å²) in [6.45, 7) is 2.84. The fraction of sp³-hybridized carbons (Fsp3) is 0.455. The molecule has 0 aliphatic heterocycles. The van der Waals surface area contributed by atoms with E-state index in [4.69, 9.17) is 5.73 Å². The molecule has 1 aromatic carbocycles.